The van der Waals surface area contributed by atoms with Crippen LogP contribution in [0.5, 0.6) is 0 Å². The Morgan fingerprint density at radius 2 is 2.50 bits per heavy atom. The summed E-state index contributed by atoms with van der Waals surface area (Å²) in [6, 6.07) is 0. The molecule has 0 aliphatic carbocycles. The van der Waals surface area contributed by atoms with E-state index in [1.165, 1.54) is 0 Å². The van der Waals surface area contributed by atoms with Gasteiger partial charge >= 0.3 is 0 Å². The fraction of sp³-hybridized carbons (Fsp3) is 0.500. The molecule has 0 unspecified atom stereocenters. The van der Waals surface area contributed by atoms with Crippen LogP contribution in [0.25, 0.3) is 0 Å². The summed E-state index contributed by atoms with van der Waals surface area (Å²) in [6.07, 6.45) is 4.59. The summed E-state index contributed by atoms with van der Waals surface area (Å²) in [5.74, 6) is 0.574. The van der Waals surface area contributed by atoms with Gasteiger partial charge in [-0.1, -0.05) is 6.92 Å². The van der Waals surface area contributed by atoms with Crippen molar-refractivity contribution < 1.29 is 0 Å². The van der Waals surface area contributed by atoms with Gasteiger partial charge in [-0.25, -0.2) is 0 Å². The van der Waals surface area contributed by atoms with Crippen LogP contribution in [0.4, 0.5) is 0 Å². The summed E-state index contributed by atoms with van der Waals surface area (Å²) in [5, 5.41) is 4.00. The number of aromatic nitrogens is 2. The maximum Gasteiger partial charge on any atom is 0.128 e. The summed E-state index contributed by atoms with van der Waals surface area (Å²) < 4.78 is 1.71. The van der Waals surface area contributed by atoms with Gasteiger partial charge in [-0.2, -0.15) is 5.10 Å². The van der Waals surface area contributed by atoms with Crippen molar-refractivity contribution in [3.63, 3.8) is 0 Å². The van der Waals surface area contributed by atoms with Crippen molar-refractivity contribution in [2.24, 2.45) is 17.8 Å². The molecule has 0 aliphatic rings. The minimum Gasteiger partial charge on any atom is -0.383 e. The van der Waals surface area contributed by atoms with E-state index in [4.69, 9.17) is 5.73 Å². The fourth-order valence-electron chi connectivity index (χ4n) is 0.877. The van der Waals surface area contributed by atoms with Gasteiger partial charge in [-0.05, 0) is 6.42 Å². The number of aryl methyl sites for hydroxylation is 1. The lowest BCUT2D eigenvalue weighted by molar-refractivity contribution is 0.767. The Balaban J connectivity index is 2.70. The quantitative estimate of drug-likeness (QED) is 0.526. The van der Waals surface area contributed by atoms with Gasteiger partial charge in [0.2, 0.25) is 0 Å². The highest BCUT2D eigenvalue weighted by molar-refractivity contribution is 5.96. The van der Waals surface area contributed by atoms with Gasteiger partial charge in [0, 0.05) is 19.8 Å². The second-order valence-corrected chi connectivity index (χ2v) is 2.67. The van der Waals surface area contributed by atoms with Crippen LogP contribution >= 0.6 is 0 Å². The predicted molar refractivity (Wildman–Crippen MR) is 49.1 cm³/mol. The molecule has 0 saturated carbocycles. The lowest BCUT2D eigenvalue weighted by atomic mass is 10.3. The van der Waals surface area contributed by atoms with Crippen molar-refractivity contribution in [2.75, 3.05) is 6.54 Å². The van der Waals surface area contributed by atoms with Gasteiger partial charge in [0.15, 0.2) is 0 Å². The Kier molecular flexibility index (Phi) is 2.85. The maximum absolute atomic E-state index is 5.69. The van der Waals surface area contributed by atoms with Gasteiger partial charge in [0.25, 0.3) is 0 Å². The first-order chi connectivity index (χ1) is 5.74. The highest BCUT2D eigenvalue weighted by Gasteiger charge is 1.98. The van der Waals surface area contributed by atoms with Gasteiger partial charge in [-0.3, -0.25) is 9.67 Å². The summed E-state index contributed by atoms with van der Waals surface area (Å²) in [7, 11) is 1.86. The Labute approximate surface area is 72.1 Å². The monoisotopic (exact) mass is 166 g/mol. The molecular weight excluding hydrogens is 152 g/mol. The van der Waals surface area contributed by atoms with Crippen molar-refractivity contribution in [1.82, 2.24) is 9.78 Å². The third kappa shape index (κ3) is 2.08. The van der Waals surface area contributed by atoms with Crippen molar-refractivity contribution in [2.45, 2.75) is 13.3 Å². The molecule has 1 heterocycles. The van der Waals surface area contributed by atoms with E-state index in [2.05, 4.69) is 17.0 Å². The molecule has 4 nitrogen and oxygen atoms in total. The van der Waals surface area contributed by atoms with Gasteiger partial charge < -0.3 is 5.73 Å². The molecule has 0 radical (unpaired) electrons. The lowest BCUT2D eigenvalue weighted by Gasteiger charge is -1.94. The van der Waals surface area contributed by atoms with Gasteiger partial charge in [0.05, 0.1) is 11.8 Å². The normalized spacial score (nSPS) is 12.0. The van der Waals surface area contributed by atoms with E-state index >= 15 is 0 Å². The van der Waals surface area contributed by atoms with E-state index in [0.717, 1.165) is 18.5 Å². The molecule has 0 aliphatic heterocycles. The molecular formula is C8H14N4. The van der Waals surface area contributed by atoms with Crippen LogP contribution < -0.4 is 5.73 Å². The number of nitrogens with zero attached hydrogens (tertiary/aromatic N) is 3. The van der Waals surface area contributed by atoms with Crippen LogP contribution in [0, 0.1) is 0 Å². The zero-order valence-electron chi connectivity index (χ0n) is 7.49. The molecule has 0 fully saturated rings. The van der Waals surface area contributed by atoms with E-state index < -0.39 is 0 Å². The fourth-order valence-corrected chi connectivity index (χ4v) is 0.877. The number of rotatable bonds is 3. The maximum atomic E-state index is 5.69. The molecule has 66 valence electrons. The largest absolute Gasteiger partial charge is 0.383 e. The van der Waals surface area contributed by atoms with Crippen LogP contribution in [0.1, 0.15) is 18.9 Å². The second kappa shape index (κ2) is 3.90. The number of hydrogen-bond donors (Lipinski definition) is 1. The smallest absolute Gasteiger partial charge is 0.128 e. The number of nitrogens with two attached hydrogens (primary N) is 1. The van der Waals surface area contributed by atoms with Gasteiger partial charge in [-0.15, -0.1) is 0 Å². The summed E-state index contributed by atoms with van der Waals surface area (Å²) in [5.41, 5.74) is 6.59. The number of aliphatic imine (C=N–C) groups is 1. The van der Waals surface area contributed by atoms with Crippen molar-refractivity contribution in [1.29, 1.82) is 0 Å². The van der Waals surface area contributed by atoms with E-state index in [1.807, 2.05) is 13.2 Å². The first kappa shape index (κ1) is 8.77. The molecule has 1 aromatic rings. The van der Waals surface area contributed by atoms with E-state index in [1.54, 1.807) is 10.9 Å². The van der Waals surface area contributed by atoms with E-state index in [9.17, 15) is 0 Å². The second-order valence-electron chi connectivity index (χ2n) is 2.67. The van der Waals surface area contributed by atoms with Crippen LogP contribution in [-0.4, -0.2) is 22.2 Å². The third-order valence-electron chi connectivity index (χ3n) is 1.51. The summed E-state index contributed by atoms with van der Waals surface area (Å²) in [6.45, 7) is 2.85. The van der Waals surface area contributed by atoms with Crippen molar-refractivity contribution in [3.05, 3.63) is 18.0 Å². The number of amidine groups is 1. The van der Waals surface area contributed by atoms with E-state index in [0.29, 0.717) is 5.84 Å². The van der Waals surface area contributed by atoms with Crippen LogP contribution in [-0.2, 0) is 7.05 Å². The van der Waals surface area contributed by atoms with E-state index in [-0.39, 0.29) is 0 Å². The van der Waals surface area contributed by atoms with Crippen LogP contribution in [0.3, 0.4) is 0 Å². The molecule has 0 aromatic carbocycles. The molecule has 0 saturated heterocycles. The summed E-state index contributed by atoms with van der Waals surface area (Å²) >= 11 is 0. The zero-order valence-corrected chi connectivity index (χ0v) is 7.49. The Morgan fingerprint density at radius 1 is 1.75 bits per heavy atom. The van der Waals surface area contributed by atoms with Crippen LogP contribution in [0.15, 0.2) is 17.4 Å². The highest BCUT2D eigenvalue weighted by atomic mass is 15.2. The molecule has 0 amide bonds. The molecule has 0 bridgehead atoms. The molecule has 1 aromatic heterocycles. The SMILES string of the molecule is CCCN=C(N)c1cnn(C)c1. The Morgan fingerprint density at radius 3 is 3.00 bits per heavy atom. The predicted octanol–water partition coefficient (Wildman–Crippen LogP) is 0.535. The average molecular weight is 166 g/mol. The Hall–Kier alpha value is -1.32. The zero-order chi connectivity index (χ0) is 8.97. The minimum absolute atomic E-state index is 0.574. The van der Waals surface area contributed by atoms with Crippen LogP contribution in [0.2, 0.25) is 0 Å². The topological polar surface area (TPSA) is 56.2 Å². The molecule has 0 spiro atoms. The molecule has 12 heavy (non-hydrogen) atoms. The first-order valence-corrected chi connectivity index (χ1v) is 4.03. The van der Waals surface area contributed by atoms with Gasteiger partial charge in [0.1, 0.15) is 5.84 Å². The molecule has 1 rings (SSSR count). The first-order valence-electron chi connectivity index (χ1n) is 4.03. The third-order valence-corrected chi connectivity index (χ3v) is 1.51. The standard InChI is InChI=1S/C8H14N4/c1-3-4-10-8(9)7-5-11-12(2)6-7/h5-6H,3-4H2,1-2H3,(H2,9,10). The Bertz CT molecular complexity index is 274. The highest BCUT2D eigenvalue weighted by Crippen LogP contribution is 1.95. The lowest BCUT2D eigenvalue weighted by Crippen LogP contribution is -2.13. The minimum atomic E-state index is 0.574. The molecule has 2 N–H and O–H groups in total. The molecule has 0 atom stereocenters. The average Bonchev–Trinajstić information content (AvgIpc) is 2.47. The van der Waals surface area contributed by atoms with Crippen molar-refractivity contribution in [3.8, 4) is 0 Å². The number of hydrogen-bond acceptors (Lipinski definition) is 2. The summed E-state index contributed by atoms with van der Waals surface area (Å²) in [4.78, 5) is 4.17. The van der Waals surface area contributed by atoms with Crippen molar-refractivity contribution >= 4 is 5.84 Å². The molecule has 4 heteroatoms.